The molecule has 0 unspecified atom stereocenters. The Morgan fingerprint density at radius 2 is 2.05 bits per heavy atom. The van der Waals surface area contributed by atoms with Crippen LogP contribution in [-0.4, -0.2) is 36.0 Å². The summed E-state index contributed by atoms with van der Waals surface area (Å²) in [5.41, 5.74) is 1.12. The average molecular weight is 370 g/mol. The third-order valence-corrected chi connectivity index (χ3v) is 4.74. The first-order valence-corrected chi connectivity index (χ1v) is 8.28. The van der Waals surface area contributed by atoms with E-state index in [9.17, 15) is 10.1 Å². The predicted octanol–water partition coefficient (Wildman–Crippen LogP) is 4.03. The van der Waals surface area contributed by atoms with E-state index >= 15 is 0 Å². The van der Waals surface area contributed by atoms with Crippen LogP contribution in [0.15, 0.2) is 11.4 Å². The van der Waals surface area contributed by atoms with Crippen molar-refractivity contribution in [3.05, 3.63) is 27.1 Å². The van der Waals surface area contributed by atoms with Crippen LogP contribution < -0.4 is 5.32 Å². The Balaban J connectivity index is 0.00000220. The number of thiophene rings is 1. The van der Waals surface area contributed by atoms with Crippen LogP contribution in [0.3, 0.4) is 0 Å². The summed E-state index contributed by atoms with van der Waals surface area (Å²) in [7, 11) is 0. The van der Waals surface area contributed by atoms with Crippen molar-refractivity contribution in [1.82, 2.24) is 10.2 Å². The van der Waals surface area contributed by atoms with E-state index in [1.165, 1.54) is 30.6 Å². The number of unbranched alkanes of at least 4 members (excludes halogenated alkanes) is 2. The largest absolute Gasteiger partial charge is 0.324 e. The third kappa shape index (κ3) is 6.01. The van der Waals surface area contributed by atoms with Gasteiger partial charge in [0.15, 0.2) is 0 Å². The lowest BCUT2D eigenvalue weighted by Crippen LogP contribution is -2.45. The predicted molar refractivity (Wildman–Crippen MR) is 96.8 cm³/mol. The summed E-state index contributed by atoms with van der Waals surface area (Å²) in [6.45, 7) is 6.28. The van der Waals surface area contributed by atoms with Crippen LogP contribution in [0.1, 0.15) is 44.2 Å². The van der Waals surface area contributed by atoms with Gasteiger partial charge in [0.25, 0.3) is 0 Å². The molecule has 1 saturated heterocycles. The summed E-state index contributed by atoms with van der Waals surface area (Å²) in [6.07, 6.45) is 4.73. The Labute approximate surface area is 148 Å². The van der Waals surface area contributed by atoms with Gasteiger partial charge in [0, 0.05) is 43.7 Å². The Kier molecular flexibility index (Phi) is 11.0. The third-order valence-electron chi connectivity index (χ3n) is 3.84. The lowest BCUT2D eigenvalue weighted by atomic mass is 10.0. The number of hydrogen-bond donors (Lipinski definition) is 1. The molecule has 2 heterocycles. The fourth-order valence-corrected chi connectivity index (χ4v) is 3.52. The minimum absolute atomic E-state index is 0. The summed E-state index contributed by atoms with van der Waals surface area (Å²) in [5, 5.41) is 16.5. The maximum absolute atomic E-state index is 10.9. The molecule has 0 radical (unpaired) electrons. The van der Waals surface area contributed by atoms with Crippen molar-refractivity contribution in [2.24, 2.45) is 0 Å². The molecule has 8 heteroatoms. The molecule has 1 aromatic heterocycles. The van der Waals surface area contributed by atoms with Gasteiger partial charge in [-0.25, -0.2) is 0 Å². The highest BCUT2D eigenvalue weighted by Crippen LogP contribution is 2.33. The number of nitrogens with one attached hydrogen (secondary N) is 1. The van der Waals surface area contributed by atoms with Gasteiger partial charge in [-0.3, -0.25) is 15.0 Å². The van der Waals surface area contributed by atoms with E-state index in [4.69, 9.17) is 0 Å². The smallest absolute Gasteiger partial charge is 0.314 e. The Hall–Kier alpha value is -0.400. The molecule has 22 heavy (non-hydrogen) atoms. The molecule has 0 spiro atoms. The van der Waals surface area contributed by atoms with E-state index in [2.05, 4.69) is 17.1 Å². The van der Waals surface area contributed by atoms with E-state index in [0.717, 1.165) is 38.2 Å². The lowest BCUT2D eigenvalue weighted by Gasteiger charge is -2.34. The van der Waals surface area contributed by atoms with Gasteiger partial charge in [-0.1, -0.05) is 37.5 Å². The molecule has 0 saturated carbocycles. The molecule has 2 rings (SSSR count). The molecule has 1 aliphatic rings. The zero-order chi connectivity index (χ0) is 14.4. The molecule has 1 fully saturated rings. The number of halogens is 2. The van der Waals surface area contributed by atoms with Gasteiger partial charge in [-0.15, -0.1) is 24.8 Å². The summed E-state index contributed by atoms with van der Waals surface area (Å²) in [6, 6.07) is 2.11. The van der Waals surface area contributed by atoms with Gasteiger partial charge in [0.05, 0.1) is 4.92 Å². The lowest BCUT2D eigenvalue weighted by molar-refractivity contribution is -0.380. The van der Waals surface area contributed by atoms with Crippen molar-refractivity contribution in [3.8, 4) is 0 Å². The minimum atomic E-state index is -0.283. The first-order valence-electron chi connectivity index (χ1n) is 7.40. The molecule has 1 aromatic rings. The maximum Gasteiger partial charge on any atom is 0.324 e. The molecule has 128 valence electrons. The average Bonchev–Trinajstić information content (AvgIpc) is 2.94. The number of nitro groups is 1. The summed E-state index contributed by atoms with van der Waals surface area (Å²) in [5.74, 6) is 0. The van der Waals surface area contributed by atoms with Gasteiger partial charge in [0.2, 0.25) is 0 Å². The Morgan fingerprint density at radius 1 is 1.36 bits per heavy atom. The molecule has 0 amide bonds. The number of nitrogens with zero attached hydrogens (tertiary/aromatic N) is 2. The quantitative estimate of drug-likeness (QED) is 0.447. The first-order chi connectivity index (χ1) is 9.72. The Morgan fingerprint density at radius 3 is 2.59 bits per heavy atom. The first kappa shape index (κ1) is 21.6. The summed E-state index contributed by atoms with van der Waals surface area (Å²) >= 11 is 1.25. The fourth-order valence-electron chi connectivity index (χ4n) is 2.75. The highest BCUT2D eigenvalue weighted by Gasteiger charge is 2.24. The topological polar surface area (TPSA) is 58.4 Å². The number of rotatable bonds is 7. The van der Waals surface area contributed by atoms with Crippen LogP contribution in [0.5, 0.6) is 0 Å². The van der Waals surface area contributed by atoms with Crippen LogP contribution in [0.4, 0.5) is 5.00 Å². The second-order valence-electron chi connectivity index (χ2n) is 5.27. The van der Waals surface area contributed by atoms with Crippen LogP contribution in [0.25, 0.3) is 0 Å². The summed E-state index contributed by atoms with van der Waals surface area (Å²) in [4.78, 5) is 13.1. The van der Waals surface area contributed by atoms with Crippen molar-refractivity contribution in [2.75, 3.05) is 26.2 Å². The molecule has 0 aliphatic carbocycles. The van der Waals surface area contributed by atoms with E-state index in [0.29, 0.717) is 6.04 Å². The van der Waals surface area contributed by atoms with Crippen molar-refractivity contribution in [2.45, 2.75) is 38.6 Å². The highest BCUT2D eigenvalue weighted by atomic mass is 35.5. The highest BCUT2D eigenvalue weighted by molar-refractivity contribution is 7.13. The molecule has 0 aromatic carbocycles. The van der Waals surface area contributed by atoms with Gasteiger partial charge in [-0.2, -0.15) is 0 Å². The van der Waals surface area contributed by atoms with E-state index in [-0.39, 0.29) is 34.7 Å². The molecular formula is C14H25Cl2N3O2S. The van der Waals surface area contributed by atoms with Crippen molar-refractivity contribution >= 4 is 41.2 Å². The van der Waals surface area contributed by atoms with E-state index in [1.54, 1.807) is 6.07 Å². The standard InChI is InChI=1S/C14H23N3O2S.2ClH/c1-2-3-4-5-13(16-8-6-15-7-9-16)12-10-14(17(18)19)20-11-12;;/h10-11,13,15H,2-9H2,1H3;2*1H/t13-;;/m1../s1. The molecule has 5 nitrogen and oxygen atoms in total. The number of piperazine rings is 1. The molecule has 1 N–H and O–H groups in total. The van der Waals surface area contributed by atoms with Gasteiger partial charge >= 0.3 is 5.00 Å². The van der Waals surface area contributed by atoms with Gasteiger partial charge < -0.3 is 5.32 Å². The summed E-state index contributed by atoms with van der Waals surface area (Å²) < 4.78 is 0. The van der Waals surface area contributed by atoms with Crippen LogP contribution in [0.2, 0.25) is 0 Å². The van der Waals surface area contributed by atoms with Gasteiger partial charge in [-0.05, 0) is 12.0 Å². The van der Waals surface area contributed by atoms with Crippen LogP contribution in [0, 0.1) is 10.1 Å². The van der Waals surface area contributed by atoms with Crippen molar-refractivity contribution in [3.63, 3.8) is 0 Å². The van der Waals surface area contributed by atoms with Crippen LogP contribution in [-0.2, 0) is 0 Å². The van der Waals surface area contributed by atoms with Gasteiger partial charge in [0.1, 0.15) is 0 Å². The number of hydrogen-bond acceptors (Lipinski definition) is 5. The van der Waals surface area contributed by atoms with Crippen LogP contribution >= 0.6 is 36.2 Å². The normalized spacial score (nSPS) is 16.4. The molecule has 1 atom stereocenters. The molecular weight excluding hydrogens is 345 g/mol. The zero-order valence-corrected chi connectivity index (χ0v) is 15.3. The van der Waals surface area contributed by atoms with E-state index < -0.39 is 0 Å². The molecule has 1 aliphatic heterocycles. The maximum atomic E-state index is 10.9. The Bertz CT molecular complexity index is 439. The van der Waals surface area contributed by atoms with E-state index in [1.807, 2.05) is 5.38 Å². The zero-order valence-electron chi connectivity index (χ0n) is 12.8. The second kappa shape index (κ2) is 11.2. The molecule has 0 bridgehead atoms. The SMILES string of the molecule is CCCCC[C@H](c1csc([N+](=O)[O-])c1)N1CCNCC1.Cl.Cl. The van der Waals surface area contributed by atoms with Crippen molar-refractivity contribution in [1.29, 1.82) is 0 Å². The fraction of sp³-hybridized carbons (Fsp3) is 0.714. The monoisotopic (exact) mass is 369 g/mol. The second-order valence-corrected chi connectivity index (χ2v) is 6.16. The van der Waals surface area contributed by atoms with Crippen molar-refractivity contribution < 1.29 is 4.92 Å². The minimum Gasteiger partial charge on any atom is -0.314 e.